The first-order valence-electron chi connectivity index (χ1n) is 7.94. The molecule has 2 aromatic carbocycles. The van der Waals surface area contributed by atoms with Crippen molar-refractivity contribution in [2.24, 2.45) is 0 Å². The molecule has 0 fully saturated rings. The van der Waals surface area contributed by atoms with E-state index in [1.165, 1.54) is 38.4 Å². The third kappa shape index (κ3) is 2.95. The molecule has 0 spiro atoms. The molecule has 0 saturated heterocycles. The van der Waals surface area contributed by atoms with Crippen molar-refractivity contribution in [2.45, 2.75) is 6.54 Å². The lowest BCUT2D eigenvalue weighted by atomic mass is 10.1. The zero-order valence-corrected chi connectivity index (χ0v) is 14.9. The highest BCUT2D eigenvalue weighted by Crippen LogP contribution is 2.48. The van der Waals surface area contributed by atoms with E-state index in [0.29, 0.717) is 17.0 Å². The van der Waals surface area contributed by atoms with Crippen LogP contribution in [0.2, 0.25) is 0 Å². The number of aromatic carboxylic acids is 1. The first-order chi connectivity index (χ1) is 12.9. The van der Waals surface area contributed by atoms with E-state index >= 15 is 0 Å². The molecule has 1 N–H and O–H groups in total. The summed E-state index contributed by atoms with van der Waals surface area (Å²) in [5.74, 6) is -1.77. The Morgan fingerprint density at radius 1 is 1.00 bits per heavy atom. The standard InChI is InChI=1S/C19H17NO7/c1-25-13-8-12-14(17(27-3)16(13)26-2)15(21)18(22)20(12)9-10-4-6-11(7-5-10)19(23)24/h4-8H,9H2,1-3H3,(H,23,24). The van der Waals surface area contributed by atoms with Crippen LogP contribution in [-0.2, 0) is 11.3 Å². The fraction of sp³-hybridized carbons (Fsp3) is 0.211. The molecule has 2 aromatic rings. The van der Waals surface area contributed by atoms with Crippen molar-refractivity contribution in [1.82, 2.24) is 0 Å². The maximum Gasteiger partial charge on any atom is 0.335 e. The van der Waals surface area contributed by atoms with Crippen molar-refractivity contribution in [2.75, 3.05) is 26.2 Å². The van der Waals surface area contributed by atoms with Crippen LogP contribution in [0.25, 0.3) is 0 Å². The number of amides is 1. The highest BCUT2D eigenvalue weighted by atomic mass is 16.5. The van der Waals surface area contributed by atoms with Crippen LogP contribution in [0, 0.1) is 0 Å². The molecular weight excluding hydrogens is 354 g/mol. The molecule has 3 rings (SSSR count). The van der Waals surface area contributed by atoms with Gasteiger partial charge in [0.05, 0.1) is 44.7 Å². The molecule has 8 heteroatoms. The predicted molar refractivity (Wildman–Crippen MR) is 95.0 cm³/mol. The number of fused-ring (bicyclic) bond motifs is 1. The Hall–Kier alpha value is -3.55. The van der Waals surface area contributed by atoms with Crippen LogP contribution >= 0.6 is 0 Å². The lowest BCUT2D eigenvalue weighted by Crippen LogP contribution is -2.29. The number of rotatable bonds is 6. The molecule has 0 radical (unpaired) electrons. The van der Waals surface area contributed by atoms with E-state index in [4.69, 9.17) is 19.3 Å². The fourth-order valence-electron chi connectivity index (χ4n) is 3.01. The Balaban J connectivity index is 2.06. The molecular formula is C19H17NO7. The summed E-state index contributed by atoms with van der Waals surface area (Å²) in [6, 6.07) is 7.62. The number of Topliss-reactive ketones (excluding diaryl/α,β-unsaturated/α-hetero) is 1. The van der Waals surface area contributed by atoms with E-state index in [2.05, 4.69) is 0 Å². The first-order valence-corrected chi connectivity index (χ1v) is 7.94. The molecule has 0 atom stereocenters. The molecule has 0 saturated carbocycles. The normalized spacial score (nSPS) is 12.8. The minimum absolute atomic E-state index is 0.0934. The van der Waals surface area contributed by atoms with Crippen molar-refractivity contribution in [3.05, 3.63) is 47.0 Å². The highest BCUT2D eigenvalue weighted by Gasteiger charge is 2.41. The Labute approximate surface area is 154 Å². The Kier molecular flexibility index (Phi) is 4.72. The van der Waals surface area contributed by atoms with Gasteiger partial charge in [-0.05, 0) is 17.7 Å². The van der Waals surface area contributed by atoms with Gasteiger partial charge in [-0.25, -0.2) is 4.79 Å². The maximum absolute atomic E-state index is 12.6. The Bertz CT molecular complexity index is 934. The minimum Gasteiger partial charge on any atom is -0.493 e. The zero-order chi connectivity index (χ0) is 19.7. The van der Waals surface area contributed by atoms with Gasteiger partial charge in [-0.3, -0.25) is 9.59 Å². The zero-order valence-electron chi connectivity index (χ0n) is 14.9. The number of nitrogens with zero attached hydrogens (tertiary/aromatic N) is 1. The van der Waals surface area contributed by atoms with Gasteiger partial charge in [-0.1, -0.05) is 12.1 Å². The van der Waals surface area contributed by atoms with Crippen molar-refractivity contribution < 1.29 is 33.7 Å². The third-order valence-corrected chi connectivity index (χ3v) is 4.31. The second kappa shape index (κ2) is 6.99. The lowest BCUT2D eigenvalue weighted by Gasteiger charge is -2.19. The maximum atomic E-state index is 12.6. The first kappa shape index (κ1) is 18.2. The van der Waals surface area contributed by atoms with Crippen LogP contribution in [0.4, 0.5) is 5.69 Å². The average Bonchev–Trinajstić information content (AvgIpc) is 2.91. The quantitative estimate of drug-likeness (QED) is 0.776. The molecule has 1 aliphatic rings. The molecule has 27 heavy (non-hydrogen) atoms. The van der Waals surface area contributed by atoms with Gasteiger partial charge in [0, 0.05) is 6.07 Å². The summed E-state index contributed by atoms with van der Waals surface area (Å²) in [6.07, 6.45) is 0. The van der Waals surface area contributed by atoms with E-state index in [-0.39, 0.29) is 29.2 Å². The van der Waals surface area contributed by atoms with Gasteiger partial charge >= 0.3 is 5.97 Å². The number of ketones is 1. The number of hydrogen-bond acceptors (Lipinski definition) is 6. The Morgan fingerprint density at radius 2 is 1.63 bits per heavy atom. The predicted octanol–water partition coefficient (Wildman–Crippen LogP) is 2.14. The summed E-state index contributed by atoms with van der Waals surface area (Å²) in [6.45, 7) is 0.0934. The van der Waals surface area contributed by atoms with E-state index in [1.54, 1.807) is 18.2 Å². The van der Waals surface area contributed by atoms with E-state index in [9.17, 15) is 14.4 Å². The van der Waals surface area contributed by atoms with Crippen LogP contribution in [0.3, 0.4) is 0 Å². The van der Waals surface area contributed by atoms with Gasteiger partial charge in [0.25, 0.3) is 11.7 Å². The monoisotopic (exact) mass is 371 g/mol. The van der Waals surface area contributed by atoms with Crippen LogP contribution in [0.5, 0.6) is 17.2 Å². The van der Waals surface area contributed by atoms with Gasteiger partial charge in [0.2, 0.25) is 5.75 Å². The van der Waals surface area contributed by atoms with Crippen LogP contribution in [0.15, 0.2) is 30.3 Å². The van der Waals surface area contributed by atoms with Crippen LogP contribution in [0.1, 0.15) is 26.3 Å². The summed E-state index contributed by atoms with van der Waals surface area (Å²) in [5.41, 5.74) is 1.27. The smallest absolute Gasteiger partial charge is 0.335 e. The van der Waals surface area contributed by atoms with Crippen molar-refractivity contribution in [1.29, 1.82) is 0 Å². The molecule has 0 unspecified atom stereocenters. The summed E-state index contributed by atoms with van der Waals surface area (Å²) in [4.78, 5) is 37.4. The number of carboxylic acids is 1. The summed E-state index contributed by atoms with van der Waals surface area (Å²) in [7, 11) is 4.23. The summed E-state index contributed by atoms with van der Waals surface area (Å²) >= 11 is 0. The number of benzene rings is 2. The molecule has 1 amide bonds. The fourth-order valence-corrected chi connectivity index (χ4v) is 3.01. The van der Waals surface area contributed by atoms with Gasteiger partial charge in [-0.15, -0.1) is 0 Å². The molecule has 1 heterocycles. The molecule has 0 aliphatic carbocycles. The number of anilines is 1. The third-order valence-electron chi connectivity index (χ3n) is 4.31. The van der Waals surface area contributed by atoms with Gasteiger partial charge < -0.3 is 24.2 Å². The van der Waals surface area contributed by atoms with Gasteiger partial charge in [-0.2, -0.15) is 0 Å². The topological polar surface area (TPSA) is 102 Å². The molecule has 0 bridgehead atoms. The van der Waals surface area contributed by atoms with Crippen molar-refractivity contribution >= 4 is 23.3 Å². The van der Waals surface area contributed by atoms with Crippen LogP contribution in [-0.4, -0.2) is 44.1 Å². The summed E-state index contributed by atoms with van der Waals surface area (Å²) in [5, 5.41) is 8.98. The SMILES string of the molecule is COc1cc2c(c(OC)c1OC)C(=O)C(=O)N2Cc1ccc(C(=O)O)cc1. The number of carboxylic acid groups (broad SMARTS) is 1. The van der Waals surface area contributed by atoms with Gasteiger partial charge in [0.15, 0.2) is 11.5 Å². The number of carbonyl (C=O) groups is 3. The highest BCUT2D eigenvalue weighted by molar-refractivity contribution is 6.53. The Morgan fingerprint density at radius 3 is 2.15 bits per heavy atom. The molecule has 140 valence electrons. The lowest BCUT2D eigenvalue weighted by molar-refractivity contribution is -0.114. The molecule has 8 nitrogen and oxygen atoms in total. The van der Waals surface area contributed by atoms with E-state index in [0.717, 1.165) is 0 Å². The number of methoxy groups -OCH3 is 3. The minimum atomic E-state index is -1.04. The second-order valence-corrected chi connectivity index (χ2v) is 5.76. The van der Waals surface area contributed by atoms with Crippen molar-refractivity contribution in [3.8, 4) is 17.2 Å². The van der Waals surface area contributed by atoms with E-state index < -0.39 is 17.7 Å². The largest absolute Gasteiger partial charge is 0.493 e. The van der Waals surface area contributed by atoms with Crippen LogP contribution < -0.4 is 19.1 Å². The number of carbonyl (C=O) groups excluding carboxylic acids is 2. The summed E-state index contributed by atoms with van der Waals surface area (Å²) < 4.78 is 15.9. The van der Waals surface area contributed by atoms with Crippen molar-refractivity contribution in [3.63, 3.8) is 0 Å². The molecule has 1 aliphatic heterocycles. The number of ether oxygens (including phenoxy) is 3. The van der Waals surface area contributed by atoms with E-state index in [1.807, 2.05) is 0 Å². The van der Waals surface area contributed by atoms with Gasteiger partial charge in [0.1, 0.15) is 0 Å². The second-order valence-electron chi connectivity index (χ2n) is 5.76. The molecule has 0 aromatic heterocycles. The average molecular weight is 371 g/mol. The number of hydrogen-bond donors (Lipinski definition) is 1.